The minimum Gasteiger partial charge on any atom is -0.457 e. The molecule has 1 fully saturated rings. The number of imidazole rings is 1. The topological polar surface area (TPSA) is 71.1 Å². The van der Waals surface area contributed by atoms with Gasteiger partial charge in [-0.25, -0.2) is 13.8 Å². The summed E-state index contributed by atoms with van der Waals surface area (Å²) >= 11 is 0. The van der Waals surface area contributed by atoms with Gasteiger partial charge in [0.05, 0.1) is 23.6 Å². The van der Waals surface area contributed by atoms with E-state index in [0.29, 0.717) is 39.7 Å². The summed E-state index contributed by atoms with van der Waals surface area (Å²) in [6.45, 7) is 1.48. The predicted octanol–water partition coefficient (Wildman–Crippen LogP) is 6.85. The summed E-state index contributed by atoms with van der Waals surface area (Å²) in [4.78, 5) is 26.2. The van der Waals surface area contributed by atoms with Crippen molar-refractivity contribution >= 4 is 16.9 Å². The van der Waals surface area contributed by atoms with Gasteiger partial charge in [0.1, 0.15) is 29.2 Å². The van der Waals surface area contributed by atoms with E-state index >= 15 is 0 Å². The molecule has 8 heteroatoms. The van der Waals surface area contributed by atoms with E-state index in [4.69, 9.17) is 9.72 Å². The van der Waals surface area contributed by atoms with Crippen LogP contribution in [0.1, 0.15) is 24.9 Å². The molecule has 1 amide bonds. The fourth-order valence-corrected chi connectivity index (χ4v) is 4.98. The number of carbonyl (C=O) groups is 1. The molecule has 190 valence electrons. The van der Waals surface area contributed by atoms with Crippen LogP contribution < -0.4 is 4.74 Å². The molecule has 0 unspecified atom stereocenters. The van der Waals surface area contributed by atoms with Crippen LogP contribution in [0.2, 0.25) is 0 Å². The quantitative estimate of drug-likeness (QED) is 0.281. The number of likely N-dealkylation sites (tertiary alicyclic amines) is 1. The standard InChI is InChI=1S/C30H24F2N4O2/c1-18(37)36-17-20(31)14-28(36)23-15-26-27(35-30(34-26)25-8-4-5-13-33-25)16-29(23)38-21-11-9-19(10-12-21)22-6-2-3-7-24(22)32/h2-13,15-16,20,28H,14,17H2,1H3,(H,34,35)/t20-,28-/m0/s1. The number of halogens is 2. The van der Waals surface area contributed by atoms with Crippen molar-refractivity contribution in [3.05, 3.63) is 96.4 Å². The number of benzene rings is 3. The van der Waals surface area contributed by atoms with Crippen LogP contribution in [-0.2, 0) is 4.79 Å². The highest BCUT2D eigenvalue weighted by molar-refractivity contribution is 5.82. The number of hydrogen-bond acceptors (Lipinski definition) is 4. The summed E-state index contributed by atoms with van der Waals surface area (Å²) in [7, 11) is 0. The molecule has 3 aromatic carbocycles. The average molecular weight is 511 g/mol. The van der Waals surface area contributed by atoms with E-state index < -0.39 is 12.2 Å². The second-order valence-corrected chi connectivity index (χ2v) is 9.33. The van der Waals surface area contributed by atoms with Gasteiger partial charge >= 0.3 is 0 Å². The van der Waals surface area contributed by atoms with E-state index in [9.17, 15) is 13.6 Å². The number of amides is 1. The molecular weight excluding hydrogens is 486 g/mol. The number of aromatic amines is 1. The minimum atomic E-state index is -1.13. The summed E-state index contributed by atoms with van der Waals surface area (Å²) in [5.41, 5.74) is 3.97. The van der Waals surface area contributed by atoms with Gasteiger partial charge in [0, 0.05) is 36.7 Å². The van der Waals surface area contributed by atoms with Crippen LogP contribution in [0.5, 0.6) is 11.5 Å². The lowest BCUT2D eigenvalue weighted by Gasteiger charge is -2.25. The number of carbonyl (C=O) groups excluding carboxylic acids is 1. The summed E-state index contributed by atoms with van der Waals surface area (Å²) in [5.74, 6) is 1.09. The number of alkyl halides is 1. The van der Waals surface area contributed by atoms with E-state index in [1.807, 2.05) is 24.3 Å². The number of rotatable bonds is 5. The Bertz CT molecular complexity index is 1620. The van der Waals surface area contributed by atoms with Crippen molar-refractivity contribution in [1.82, 2.24) is 19.9 Å². The first kappa shape index (κ1) is 23.8. The van der Waals surface area contributed by atoms with Crippen molar-refractivity contribution in [2.45, 2.75) is 25.6 Å². The minimum absolute atomic E-state index is 0.0387. The molecule has 6 rings (SSSR count). The van der Waals surface area contributed by atoms with Crippen molar-refractivity contribution in [3.8, 4) is 34.1 Å². The number of aromatic nitrogens is 3. The van der Waals surface area contributed by atoms with E-state index in [1.165, 1.54) is 17.9 Å². The Balaban J connectivity index is 1.41. The maximum atomic E-state index is 14.5. The van der Waals surface area contributed by atoms with Gasteiger partial charge in [-0.05, 0) is 42.0 Å². The Morgan fingerprint density at radius 1 is 1.05 bits per heavy atom. The van der Waals surface area contributed by atoms with Crippen molar-refractivity contribution in [2.24, 2.45) is 0 Å². The molecule has 0 saturated carbocycles. The van der Waals surface area contributed by atoms with Crippen molar-refractivity contribution < 1.29 is 18.3 Å². The third kappa shape index (κ3) is 4.49. The first-order valence-corrected chi connectivity index (χ1v) is 12.4. The van der Waals surface area contributed by atoms with Crippen LogP contribution in [0, 0.1) is 5.82 Å². The predicted molar refractivity (Wildman–Crippen MR) is 141 cm³/mol. The highest BCUT2D eigenvalue weighted by Crippen LogP contribution is 2.42. The Kier molecular flexibility index (Phi) is 6.07. The van der Waals surface area contributed by atoms with Gasteiger partial charge in [-0.15, -0.1) is 0 Å². The number of hydrogen-bond donors (Lipinski definition) is 1. The molecule has 0 spiro atoms. The molecule has 0 bridgehead atoms. The number of nitrogens with one attached hydrogen (secondary N) is 1. The summed E-state index contributed by atoms with van der Waals surface area (Å²) in [6.07, 6.45) is 0.742. The molecule has 6 nitrogen and oxygen atoms in total. The lowest BCUT2D eigenvalue weighted by Crippen LogP contribution is -2.29. The largest absolute Gasteiger partial charge is 0.457 e. The molecule has 1 aliphatic heterocycles. The third-order valence-electron chi connectivity index (χ3n) is 6.80. The zero-order valence-electron chi connectivity index (χ0n) is 20.6. The number of H-pyrrole nitrogens is 1. The van der Waals surface area contributed by atoms with E-state index in [-0.39, 0.29) is 24.7 Å². The van der Waals surface area contributed by atoms with Crippen LogP contribution in [0.15, 0.2) is 85.1 Å². The van der Waals surface area contributed by atoms with Gasteiger partial charge < -0.3 is 14.6 Å². The number of nitrogens with zero attached hydrogens (tertiary/aromatic N) is 3. The Labute approximate surface area is 217 Å². The molecule has 0 radical (unpaired) electrons. The monoisotopic (exact) mass is 510 g/mol. The number of fused-ring (bicyclic) bond motifs is 1. The average Bonchev–Trinajstić information content (AvgIpc) is 3.53. The zero-order valence-corrected chi connectivity index (χ0v) is 20.6. The molecule has 0 aliphatic carbocycles. The molecule has 1 aliphatic rings. The maximum Gasteiger partial charge on any atom is 0.220 e. The van der Waals surface area contributed by atoms with Gasteiger partial charge in [-0.3, -0.25) is 9.78 Å². The second-order valence-electron chi connectivity index (χ2n) is 9.33. The number of pyridine rings is 1. The van der Waals surface area contributed by atoms with Crippen LogP contribution >= 0.6 is 0 Å². The molecular formula is C30H24F2N4O2. The first-order chi connectivity index (χ1) is 18.5. The summed E-state index contributed by atoms with van der Waals surface area (Å²) in [5, 5.41) is 0. The van der Waals surface area contributed by atoms with E-state index in [1.54, 1.807) is 54.7 Å². The van der Waals surface area contributed by atoms with Gasteiger partial charge in [0.2, 0.25) is 5.91 Å². The molecule has 2 aromatic heterocycles. The normalized spacial score (nSPS) is 17.2. The molecule has 38 heavy (non-hydrogen) atoms. The highest BCUT2D eigenvalue weighted by Gasteiger charge is 2.37. The smallest absolute Gasteiger partial charge is 0.220 e. The fourth-order valence-electron chi connectivity index (χ4n) is 4.98. The summed E-state index contributed by atoms with van der Waals surface area (Å²) < 4.78 is 35.1. The fraction of sp³-hybridized carbons (Fsp3) is 0.167. The lowest BCUT2D eigenvalue weighted by molar-refractivity contribution is -0.129. The molecule has 2 atom stereocenters. The van der Waals surface area contributed by atoms with Crippen LogP contribution in [0.25, 0.3) is 33.7 Å². The third-order valence-corrected chi connectivity index (χ3v) is 6.80. The Morgan fingerprint density at radius 3 is 2.58 bits per heavy atom. The second kappa shape index (κ2) is 9.70. The SMILES string of the molecule is CC(=O)N1C[C@@H](F)C[C@H]1c1cc2[nH]c(-c3ccccn3)nc2cc1Oc1ccc(-c2ccccc2F)cc1. The Morgan fingerprint density at radius 2 is 1.84 bits per heavy atom. The van der Waals surface area contributed by atoms with Gasteiger partial charge in [0.15, 0.2) is 5.82 Å². The van der Waals surface area contributed by atoms with Crippen LogP contribution in [-0.4, -0.2) is 38.5 Å². The van der Waals surface area contributed by atoms with Gasteiger partial charge in [-0.1, -0.05) is 36.4 Å². The summed E-state index contributed by atoms with van der Waals surface area (Å²) in [6, 6.07) is 22.4. The van der Waals surface area contributed by atoms with Crippen LogP contribution in [0.3, 0.4) is 0 Å². The zero-order chi connectivity index (χ0) is 26.2. The maximum absolute atomic E-state index is 14.5. The van der Waals surface area contributed by atoms with Gasteiger partial charge in [-0.2, -0.15) is 0 Å². The van der Waals surface area contributed by atoms with E-state index in [0.717, 1.165) is 11.1 Å². The van der Waals surface area contributed by atoms with Crippen molar-refractivity contribution in [2.75, 3.05) is 6.54 Å². The molecule has 5 aromatic rings. The molecule has 3 heterocycles. The van der Waals surface area contributed by atoms with Crippen LogP contribution in [0.4, 0.5) is 8.78 Å². The number of ether oxygens (including phenoxy) is 1. The van der Waals surface area contributed by atoms with Crippen molar-refractivity contribution in [3.63, 3.8) is 0 Å². The van der Waals surface area contributed by atoms with Gasteiger partial charge in [0.25, 0.3) is 0 Å². The highest BCUT2D eigenvalue weighted by atomic mass is 19.1. The molecule has 1 saturated heterocycles. The van der Waals surface area contributed by atoms with E-state index in [2.05, 4.69) is 9.97 Å². The van der Waals surface area contributed by atoms with Crippen molar-refractivity contribution in [1.29, 1.82) is 0 Å². The lowest BCUT2D eigenvalue weighted by atomic mass is 10.0. The Hall–Kier alpha value is -4.59. The molecule has 1 N–H and O–H groups in total. The first-order valence-electron chi connectivity index (χ1n) is 12.4.